The van der Waals surface area contributed by atoms with Crippen molar-refractivity contribution in [3.05, 3.63) is 30.3 Å². The number of thioether (sulfide) groups is 1. The highest BCUT2D eigenvalue weighted by atomic mass is 32.2. The molecule has 0 saturated carbocycles. The molecule has 1 saturated heterocycles. The van der Waals surface area contributed by atoms with Gasteiger partial charge in [0.25, 0.3) is 0 Å². The molecule has 92 valence electrons. The zero-order valence-electron chi connectivity index (χ0n) is 10.0. The van der Waals surface area contributed by atoms with Crippen molar-refractivity contribution in [2.45, 2.75) is 23.8 Å². The van der Waals surface area contributed by atoms with Crippen LogP contribution in [0.1, 0.15) is 13.3 Å². The second kappa shape index (κ2) is 5.56. The van der Waals surface area contributed by atoms with Gasteiger partial charge in [0.2, 0.25) is 5.91 Å². The van der Waals surface area contributed by atoms with Crippen LogP contribution in [-0.2, 0) is 4.79 Å². The van der Waals surface area contributed by atoms with Gasteiger partial charge in [-0.2, -0.15) is 0 Å². The predicted octanol–water partition coefficient (Wildman–Crippen LogP) is 1.65. The van der Waals surface area contributed by atoms with Gasteiger partial charge in [0.15, 0.2) is 0 Å². The molecule has 1 aromatic rings. The smallest absolute Gasteiger partial charge is 0.230 e. The summed E-state index contributed by atoms with van der Waals surface area (Å²) in [6.07, 6.45) is 1.01. The second-order valence-corrected chi connectivity index (χ2v) is 5.69. The number of hydrogen-bond donors (Lipinski definition) is 2. The number of hydrogen-bond acceptors (Lipinski definition) is 3. The largest absolute Gasteiger partial charge is 0.349 e. The van der Waals surface area contributed by atoms with Gasteiger partial charge in [0.1, 0.15) is 0 Å². The van der Waals surface area contributed by atoms with Crippen molar-refractivity contribution in [3.8, 4) is 0 Å². The second-order valence-electron chi connectivity index (χ2n) is 4.64. The fourth-order valence-electron chi connectivity index (χ4n) is 1.96. The molecule has 1 heterocycles. The van der Waals surface area contributed by atoms with Crippen molar-refractivity contribution < 1.29 is 4.79 Å². The Hall–Kier alpha value is -1.00. The van der Waals surface area contributed by atoms with Crippen molar-refractivity contribution in [1.29, 1.82) is 0 Å². The highest BCUT2D eigenvalue weighted by Gasteiger charge is 2.29. The van der Waals surface area contributed by atoms with Crippen LogP contribution in [0.2, 0.25) is 0 Å². The molecule has 1 aromatic carbocycles. The molecule has 0 spiro atoms. The zero-order chi connectivity index (χ0) is 12.1. The molecule has 17 heavy (non-hydrogen) atoms. The summed E-state index contributed by atoms with van der Waals surface area (Å²) in [4.78, 5) is 13.0. The van der Waals surface area contributed by atoms with Crippen molar-refractivity contribution in [2.24, 2.45) is 0 Å². The quantitative estimate of drug-likeness (QED) is 0.798. The molecule has 2 N–H and O–H groups in total. The first kappa shape index (κ1) is 12.5. The van der Waals surface area contributed by atoms with E-state index in [1.807, 2.05) is 30.3 Å². The van der Waals surface area contributed by atoms with E-state index >= 15 is 0 Å². The van der Waals surface area contributed by atoms with Crippen LogP contribution in [0.4, 0.5) is 0 Å². The first-order chi connectivity index (χ1) is 8.18. The molecular formula is C13H18N2OS. The highest BCUT2D eigenvalue weighted by molar-refractivity contribution is 8.00. The number of nitrogens with one attached hydrogen (secondary N) is 2. The molecule has 0 aliphatic carbocycles. The van der Waals surface area contributed by atoms with Crippen molar-refractivity contribution in [1.82, 2.24) is 10.6 Å². The zero-order valence-corrected chi connectivity index (χ0v) is 10.8. The Morgan fingerprint density at radius 1 is 1.47 bits per heavy atom. The molecule has 3 nitrogen and oxygen atoms in total. The molecule has 1 atom stereocenters. The summed E-state index contributed by atoms with van der Waals surface area (Å²) in [5.41, 5.74) is -0.0612. The lowest BCUT2D eigenvalue weighted by molar-refractivity contribution is -0.120. The van der Waals surface area contributed by atoms with Crippen molar-refractivity contribution in [2.75, 3.05) is 18.8 Å². The van der Waals surface area contributed by atoms with Gasteiger partial charge < -0.3 is 10.6 Å². The van der Waals surface area contributed by atoms with Gasteiger partial charge in [-0.05, 0) is 32.0 Å². The Balaban J connectivity index is 1.78. The molecular weight excluding hydrogens is 232 g/mol. The Bertz CT molecular complexity index is 374. The van der Waals surface area contributed by atoms with Gasteiger partial charge in [0.05, 0.1) is 11.3 Å². The van der Waals surface area contributed by atoms with E-state index in [2.05, 4.69) is 17.6 Å². The maximum Gasteiger partial charge on any atom is 0.230 e. The fourth-order valence-corrected chi connectivity index (χ4v) is 2.68. The standard InChI is InChI=1S/C13H18N2OS/c1-13(7-8-14-10-13)15-12(16)9-17-11-5-3-2-4-6-11/h2-6,14H,7-10H2,1H3,(H,15,16). The lowest BCUT2D eigenvalue weighted by Gasteiger charge is -2.24. The maximum atomic E-state index is 11.8. The van der Waals surface area contributed by atoms with Gasteiger partial charge in [0, 0.05) is 11.4 Å². The van der Waals surface area contributed by atoms with E-state index in [-0.39, 0.29) is 11.4 Å². The normalized spacial score (nSPS) is 23.6. The minimum absolute atomic E-state index is 0.0612. The third kappa shape index (κ3) is 3.75. The van der Waals surface area contributed by atoms with E-state index in [0.717, 1.165) is 24.4 Å². The summed E-state index contributed by atoms with van der Waals surface area (Å²) < 4.78 is 0. The van der Waals surface area contributed by atoms with Crippen LogP contribution in [0.5, 0.6) is 0 Å². The lowest BCUT2D eigenvalue weighted by atomic mass is 10.0. The number of carbonyl (C=O) groups is 1. The van der Waals surface area contributed by atoms with Crippen LogP contribution in [0.25, 0.3) is 0 Å². The Kier molecular flexibility index (Phi) is 4.07. The molecule has 1 amide bonds. The average Bonchev–Trinajstić information content (AvgIpc) is 2.74. The van der Waals surface area contributed by atoms with Gasteiger partial charge in [-0.25, -0.2) is 0 Å². The van der Waals surface area contributed by atoms with Crippen LogP contribution in [-0.4, -0.2) is 30.3 Å². The van der Waals surface area contributed by atoms with Crippen molar-refractivity contribution >= 4 is 17.7 Å². The van der Waals surface area contributed by atoms with E-state index in [1.165, 1.54) is 0 Å². The van der Waals surface area contributed by atoms with Gasteiger partial charge in [-0.15, -0.1) is 11.8 Å². The van der Waals surface area contributed by atoms with Gasteiger partial charge in [-0.3, -0.25) is 4.79 Å². The van der Waals surface area contributed by atoms with Crippen LogP contribution < -0.4 is 10.6 Å². The maximum absolute atomic E-state index is 11.8. The van der Waals surface area contributed by atoms with E-state index in [1.54, 1.807) is 11.8 Å². The molecule has 1 aliphatic heterocycles. The summed E-state index contributed by atoms with van der Waals surface area (Å²) in [5.74, 6) is 0.602. The molecule has 1 fully saturated rings. The molecule has 1 unspecified atom stereocenters. The lowest BCUT2D eigenvalue weighted by Crippen LogP contribution is -2.48. The highest BCUT2D eigenvalue weighted by Crippen LogP contribution is 2.18. The van der Waals surface area contributed by atoms with Crippen LogP contribution in [0, 0.1) is 0 Å². The monoisotopic (exact) mass is 250 g/mol. The first-order valence-electron chi connectivity index (χ1n) is 5.88. The van der Waals surface area contributed by atoms with Crippen molar-refractivity contribution in [3.63, 3.8) is 0 Å². The van der Waals surface area contributed by atoms with Crippen LogP contribution in [0.3, 0.4) is 0 Å². The van der Waals surface area contributed by atoms with Crippen LogP contribution in [0.15, 0.2) is 35.2 Å². The summed E-state index contributed by atoms with van der Waals surface area (Å²) in [6.45, 7) is 3.95. The predicted molar refractivity (Wildman–Crippen MR) is 71.2 cm³/mol. The van der Waals surface area contributed by atoms with Crippen LogP contribution >= 0.6 is 11.8 Å². The van der Waals surface area contributed by atoms with E-state index in [4.69, 9.17) is 0 Å². The summed E-state index contributed by atoms with van der Waals surface area (Å²) in [7, 11) is 0. The molecule has 0 bridgehead atoms. The molecule has 2 rings (SSSR count). The third-order valence-electron chi connectivity index (χ3n) is 2.92. The van der Waals surface area contributed by atoms with E-state index < -0.39 is 0 Å². The number of amides is 1. The minimum Gasteiger partial charge on any atom is -0.349 e. The van der Waals surface area contributed by atoms with Gasteiger partial charge in [-0.1, -0.05) is 18.2 Å². The topological polar surface area (TPSA) is 41.1 Å². The molecule has 1 aliphatic rings. The Morgan fingerprint density at radius 2 is 2.24 bits per heavy atom. The summed E-state index contributed by atoms with van der Waals surface area (Å²) in [6, 6.07) is 10.0. The Labute approximate surface area is 106 Å². The first-order valence-corrected chi connectivity index (χ1v) is 6.86. The summed E-state index contributed by atoms with van der Waals surface area (Å²) >= 11 is 1.58. The third-order valence-corrected chi connectivity index (χ3v) is 3.94. The number of benzene rings is 1. The van der Waals surface area contributed by atoms with Gasteiger partial charge >= 0.3 is 0 Å². The number of rotatable bonds is 4. The Morgan fingerprint density at radius 3 is 2.88 bits per heavy atom. The van der Waals surface area contributed by atoms with E-state index in [9.17, 15) is 4.79 Å². The fraction of sp³-hybridized carbons (Fsp3) is 0.462. The average molecular weight is 250 g/mol. The summed E-state index contributed by atoms with van der Waals surface area (Å²) in [5, 5.41) is 6.37. The minimum atomic E-state index is -0.0612. The molecule has 4 heteroatoms. The molecule has 0 radical (unpaired) electrons. The SMILES string of the molecule is CC1(NC(=O)CSc2ccccc2)CCNC1. The van der Waals surface area contributed by atoms with E-state index in [0.29, 0.717) is 5.75 Å². The molecule has 0 aromatic heterocycles. The number of carbonyl (C=O) groups excluding carboxylic acids is 1.